The van der Waals surface area contributed by atoms with Gasteiger partial charge in [-0.05, 0) is 76.6 Å². The molecule has 134 valence electrons. The SMILES string of the molecule is c1ccc2nc(-c3ccc4c(ccc5c6c(ccc54)CCCC6)c3)ccc2c1. The number of benzene rings is 4. The Kier molecular flexibility index (Phi) is 3.49. The van der Waals surface area contributed by atoms with Gasteiger partial charge in [-0.3, -0.25) is 0 Å². The molecule has 0 bridgehead atoms. The maximum Gasteiger partial charge on any atom is 0.0709 e. The molecule has 1 aliphatic carbocycles. The Bertz CT molecular complexity index is 1360. The van der Waals surface area contributed by atoms with Gasteiger partial charge in [0.2, 0.25) is 0 Å². The van der Waals surface area contributed by atoms with E-state index < -0.39 is 0 Å². The predicted molar refractivity (Wildman–Crippen MR) is 119 cm³/mol. The summed E-state index contributed by atoms with van der Waals surface area (Å²) < 4.78 is 0. The molecule has 1 aromatic heterocycles. The Morgan fingerprint density at radius 3 is 2.43 bits per heavy atom. The smallest absolute Gasteiger partial charge is 0.0709 e. The molecule has 0 aliphatic heterocycles. The fourth-order valence-corrected chi connectivity index (χ4v) is 4.79. The number of para-hydroxylation sites is 1. The van der Waals surface area contributed by atoms with Crippen LogP contribution in [-0.2, 0) is 12.8 Å². The van der Waals surface area contributed by atoms with Crippen LogP contribution in [0.4, 0.5) is 0 Å². The maximum atomic E-state index is 4.87. The van der Waals surface area contributed by atoms with Crippen molar-refractivity contribution in [2.75, 3.05) is 0 Å². The summed E-state index contributed by atoms with van der Waals surface area (Å²) in [7, 11) is 0. The van der Waals surface area contributed by atoms with Crippen molar-refractivity contribution < 1.29 is 0 Å². The van der Waals surface area contributed by atoms with E-state index >= 15 is 0 Å². The summed E-state index contributed by atoms with van der Waals surface area (Å²) in [4.78, 5) is 4.87. The molecule has 1 aliphatic rings. The first kappa shape index (κ1) is 15.8. The third-order valence-corrected chi connectivity index (χ3v) is 6.24. The minimum Gasteiger partial charge on any atom is -0.248 e. The topological polar surface area (TPSA) is 12.9 Å². The van der Waals surface area contributed by atoms with E-state index in [1.807, 2.05) is 6.07 Å². The third kappa shape index (κ3) is 2.43. The first-order valence-electron chi connectivity index (χ1n) is 10.2. The van der Waals surface area contributed by atoms with Crippen molar-refractivity contribution in [3.63, 3.8) is 0 Å². The molecule has 1 nitrogen and oxygen atoms in total. The van der Waals surface area contributed by atoms with Crippen molar-refractivity contribution in [2.45, 2.75) is 25.7 Å². The van der Waals surface area contributed by atoms with Gasteiger partial charge in [0.1, 0.15) is 0 Å². The van der Waals surface area contributed by atoms with E-state index in [9.17, 15) is 0 Å². The van der Waals surface area contributed by atoms with E-state index in [0.29, 0.717) is 0 Å². The normalized spacial score (nSPS) is 13.9. The van der Waals surface area contributed by atoms with Gasteiger partial charge in [0.25, 0.3) is 0 Å². The van der Waals surface area contributed by atoms with Crippen LogP contribution in [0, 0.1) is 0 Å². The largest absolute Gasteiger partial charge is 0.248 e. The van der Waals surface area contributed by atoms with E-state index in [1.165, 1.54) is 58.2 Å². The summed E-state index contributed by atoms with van der Waals surface area (Å²) in [5.74, 6) is 0. The lowest BCUT2D eigenvalue weighted by Crippen LogP contribution is -2.03. The van der Waals surface area contributed by atoms with Crippen molar-refractivity contribution in [2.24, 2.45) is 0 Å². The van der Waals surface area contributed by atoms with Crippen LogP contribution in [0.5, 0.6) is 0 Å². The van der Waals surface area contributed by atoms with Crippen LogP contribution in [0.1, 0.15) is 24.0 Å². The Labute approximate surface area is 164 Å². The molecule has 6 rings (SSSR count). The van der Waals surface area contributed by atoms with Crippen molar-refractivity contribution in [3.05, 3.63) is 90.0 Å². The molecular formula is C27H21N. The molecule has 0 saturated carbocycles. The van der Waals surface area contributed by atoms with Crippen LogP contribution < -0.4 is 0 Å². The molecule has 1 heteroatoms. The molecule has 0 fully saturated rings. The summed E-state index contributed by atoms with van der Waals surface area (Å²) in [5.41, 5.74) is 6.38. The summed E-state index contributed by atoms with van der Waals surface area (Å²) in [5, 5.41) is 6.64. The molecule has 0 radical (unpaired) electrons. The zero-order valence-electron chi connectivity index (χ0n) is 15.8. The third-order valence-electron chi connectivity index (χ3n) is 6.24. The Morgan fingerprint density at radius 2 is 1.43 bits per heavy atom. The van der Waals surface area contributed by atoms with Gasteiger partial charge in [-0.1, -0.05) is 60.7 Å². The lowest BCUT2D eigenvalue weighted by Gasteiger charge is -2.19. The lowest BCUT2D eigenvalue weighted by molar-refractivity contribution is 0.690. The van der Waals surface area contributed by atoms with E-state index in [0.717, 1.165) is 11.2 Å². The van der Waals surface area contributed by atoms with Gasteiger partial charge < -0.3 is 0 Å². The van der Waals surface area contributed by atoms with Gasteiger partial charge in [-0.15, -0.1) is 0 Å². The van der Waals surface area contributed by atoms with Crippen LogP contribution in [0.15, 0.2) is 78.9 Å². The molecule has 0 saturated heterocycles. The number of hydrogen-bond acceptors (Lipinski definition) is 1. The van der Waals surface area contributed by atoms with Crippen LogP contribution in [-0.4, -0.2) is 4.98 Å². The van der Waals surface area contributed by atoms with Crippen molar-refractivity contribution in [1.29, 1.82) is 0 Å². The van der Waals surface area contributed by atoms with Crippen LogP contribution in [0.2, 0.25) is 0 Å². The molecule has 0 amide bonds. The van der Waals surface area contributed by atoms with E-state index in [1.54, 1.807) is 11.1 Å². The van der Waals surface area contributed by atoms with Crippen LogP contribution in [0.3, 0.4) is 0 Å². The average Bonchev–Trinajstić information content (AvgIpc) is 2.78. The van der Waals surface area contributed by atoms with Gasteiger partial charge in [-0.25, -0.2) is 4.98 Å². The fraction of sp³-hybridized carbons (Fsp3) is 0.148. The molecule has 28 heavy (non-hydrogen) atoms. The van der Waals surface area contributed by atoms with Gasteiger partial charge in [0, 0.05) is 10.9 Å². The molecule has 4 aromatic carbocycles. The van der Waals surface area contributed by atoms with Crippen LogP contribution in [0.25, 0.3) is 43.7 Å². The fourth-order valence-electron chi connectivity index (χ4n) is 4.79. The number of aromatic nitrogens is 1. The maximum absolute atomic E-state index is 4.87. The van der Waals surface area contributed by atoms with Gasteiger partial charge in [0.05, 0.1) is 11.2 Å². The minimum atomic E-state index is 1.03. The highest BCUT2D eigenvalue weighted by Crippen LogP contribution is 2.34. The van der Waals surface area contributed by atoms with Crippen molar-refractivity contribution >= 4 is 32.4 Å². The van der Waals surface area contributed by atoms with Crippen LogP contribution >= 0.6 is 0 Å². The number of hydrogen-bond donors (Lipinski definition) is 0. The Morgan fingerprint density at radius 1 is 0.607 bits per heavy atom. The number of nitrogens with zero attached hydrogens (tertiary/aromatic N) is 1. The molecule has 1 heterocycles. The number of aryl methyl sites for hydroxylation is 2. The highest BCUT2D eigenvalue weighted by atomic mass is 14.7. The van der Waals surface area contributed by atoms with Gasteiger partial charge in [0.15, 0.2) is 0 Å². The van der Waals surface area contributed by atoms with Gasteiger partial charge >= 0.3 is 0 Å². The molecule has 0 spiro atoms. The monoisotopic (exact) mass is 359 g/mol. The Hall–Kier alpha value is -3.19. The summed E-state index contributed by atoms with van der Waals surface area (Å²) in [6.07, 6.45) is 5.10. The second-order valence-corrected chi connectivity index (χ2v) is 7.90. The standard InChI is InChI=1S/C27H21N/c1-3-7-22-18(5-1)9-14-25-23-13-11-21(17-20(23)10-15-24(22)25)27-16-12-19-6-2-4-8-26(19)28-27/h2,4,6,8-17H,1,3,5,7H2. The number of rotatable bonds is 1. The zero-order valence-corrected chi connectivity index (χ0v) is 15.8. The van der Waals surface area contributed by atoms with E-state index in [2.05, 4.69) is 72.8 Å². The first-order valence-corrected chi connectivity index (χ1v) is 10.2. The second kappa shape index (κ2) is 6.17. The molecule has 0 atom stereocenters. The second-order valence-electron chi connectivity index (χ2n) is 7.90. The zero-order chi connectivity index (χ0) is 18.5. The molecule has 0 N–H and O–H groups in total. The highest BCUT2D eigenvalue weighted by Gasteiger charge is 2.14. The summed E-state index contributed by atoms with van der Waals surface area (Å²) >= 11 is 0. The molecule has 5 aromatic rings. The van der Waals surface area contributed by atoms with Gasteiger partial charge in [-0.2, -0.15) is 0 Å². The number of pyridine rings is 1. The highest BCUT2D eigenvalue weighted by molar-refractivity contribution is 6.09. The molecule has 0 unspecified atom stereocenters. The lowest BCUT2D eigenvalue weighted by atomic mass is 9.86. The summed E-state index contributed by atoms with van der Waals surface area (Å²) in [6.45, 7) is 0. The number of fused-ring (bicyclic) bond motifs is 6. The van der Waals surface area contributed by atoms with E-state index in [4.69, 9.17) is 4.98 Å². The van der Waals surface area contributed by atoms with Crippen molar-refractivity contribution in [1.82, 2.24) is 4.98 Å². The average molecular weight is 359 g/mol. The Balaban J connectivity index is 1.53. The summed E-state index contributed by atoms with van der Waals surface area (Å²) in [6, 6.07) is 28.7. The molecular weight excluding hydrogens is 338 g/mol. The quantitative estimate of drug-likeness (QED) is 0.291. The predicted octanol–water partition coefficient (Wildman–Crippen LogP) is 7.09. The van der Waals surface area contributed by atoms with E-state index in [-0.39, 0.29) is 0 Å². The minimum absolute atomic E-state index is 1.03. The van der Waals surface area contributed by atoms with Crippen molar-refractivity contribution in [3.8, 4) is 11.3 Å². The first-order chi connectivity index (χ1) is 13.9.